The van der Waals surface area contributed by atoms with Gasteiger partial charge in [-0.3, -0.25) is 14.5 Å². The van der Waals surface area contributed by atoms with E-state index in [0.717, 1.165) is 23.3 Å². The summed E-state index contributed by atoms with van der Waals surface area (Å²) < 4.78 is 10.4. The molecule has 2 fully saturated rings. The first-order valence-electron chi connectivity index (χ1n) is 8.61. The van der Waals surface area contributed by atoms with Crippen LogP contribution in [0.25, 0.3) is 0 Å². The molecule has 140 valence electrons. The quantitative estimate of drug-likeness (QED) is 0.742. The van der Waals surface area contributed by atoms with Crippen molar-refractivity contribution in [1.29, 1.82) is 0 Å². The van der Waals surface area contributed by atoms with E-state index in [1.54, 1.807) is 32.4 Å². The van der Waals surface area contributed by atoms with Gasteiger partial charge in [0.15, 0.2) is 0 Å². The second kappa shape index (κ2) is 7.23. The van der Waals surface area contributed by atoms with Gasteiger partial charge >= 0.3 is 6.03 Å². The van der Waals surface area contributed by atoms with Crippen molar-refractivity contribution in [3.05, 3.63) is 23.8 Å². The normalized spacial score (nSPS) is 18.2. The van der Waals surface area contributed by atoms with Gasteiger partial charge in [0.2, 0.25) is 5.91 Å². The van der Waals surface area contributed by atoms with Crippen molar-refractivity contribution in [3.8, 4) is 11.5 Å². The molecule has 1 aromatic carbocycles. The summed E-state index contributed by atoms with van der Waals surface area (Å²) in [6.07, 6.45) is 3.08. The smallest absolute Gasteiger partial charge is 0.325 e. The van der Waals surface area contributed by atoms with E-state index in [2.05, 4.69) is 10.6 Å². The van der Waals surface area contributed by atoms with Crippen LogP contribution in [0.15, 0.2) is 18.2 Å². The maximum Gasteiger partial charge on any atom is 0.325 e. The number of nitrogens with one attached hydrogen (secondary N) is 2. The van der Waals surface area contributed by atoms with Crippen LogP contribution in [0.4, 0.5) is 4.79 Å². The van der Waals surface area contributed by atoms with Crippen LogP contribution in [0.3, 0.4) is 0 Å². The van der Waals surface area contributed by atoms with Crippen molar-refractivity contribution in [1.82, 2.24) is 15.5 Å². The number of rotatable bonds is 6. The average Bonchev–Trinajstić information content (AvgIpc) is 3.20. The molecule has 1 spiro atoms. The fourth-order valence-electron chi connectivity index (χ4n) is 3.55. The van der Waals surface area contributed by atoms with Gasteiger partial charge in [0, 0.05) is 12.1 Å². The summed E-state index contributed by atoms with van der Waals surface area (Å²) in [5.74, 6) is 0.556. The topological polar surface area (TPSA) is 97.0 Å². The summed E-state index contributed by atoms with van der Waals surface area (Å²) in [7, 11) is 3.10. The van der Waals surface area contributed by atoms with Crippen molar-refractivity contribution in [2.24, 2.45) is 0 Å². The van der Waals surface area contributed by atoms with E-state index in [-0.39, 0.29) is 19.0 Å². The number of carbonyl (C=O) groups excluding carboxylic acids is 3. The molecule has 8 nitrogen and oxygen atoms in total. The van der Waals surface area contributed by atoms with Gasteiger partial charge in [0.25, 0.3) is 5.91 Å². The van der Waals surface area contributed by atoms with Crippen LogP contribution < -0.4 is 20.1 Å². The highest BCUT2D eigenvalue weighted by Gasteiger charge is 2.52. The number of carbonyl (C=O) groups is 3. The molecule has 0 bridgehead atoms. The molecule has 8 heteroatoms. The highest BCUT2D eigenvalue weighted by Crippen LogP contribution is 2.34. The van der Waals surface area contributed by atoms with Crippen molar-refractivity contribution in [2.45, 2.75) is 37.8 Å². The van der Waals surface area contributed by atoms with Gasteiger partial charge in [0.1, 0.15) is 23.6 Å². The lowest BCUT2D eigenvalue weighted by Crippen LogP contribution is -2.45. The van der Waals surface area contributed by atoms with Crippen LogP contribution in [0.2, 0.25) is 0 Å². The van der Waals surface area contributed by atoms with Gasteiger partial charge in [-0.15, -0.1) is 0 Å². The molecule has 1 saturated heterocycles. The molecule has 1 aromatic rings. The predicted octanol–water partition coefficient (Wildman–Crippen LogP) is 1.18. The summed E-state index contributed by atoms with van der Waals surface area (Å²) >= 11 is 0. The zero-order valence-electron chi connectivity index (χ0n) is 15.0. The molecule has 1 aliphatic heterocycles. The molecule has 0 unspecified atom stereocenters. The number of imide groups is 1. The lowest BCUT2D eigenvalue weighted by molar-refractivity contribution is -0.134. The van der Waals surface area contributed by atoms with Crippen molar-refractivity contribution in [2.75, 3.05) is 20.8 Å². The summed E-state index contributed by atoms with van der Waals surface area (Å²) in [5.41, 5.74) is -0.0578. The van der Waals surface area contributed by atoms with Gasteiger partial charge in [-0.25, -0.2) is 4.79 Å². The standard InChI is InChI=1S/C18H23N3O5/c1-25-13-5-6-14(26-2)12(9-13)10-19-15(22)11-21-16(23)18(20-17(21)24)7-3-4-8-18/h5-6,9H,3-4,7-8,10-11H2,1-2H3,(H,19,22)(H,20,24). The number of urea groups is 1. The SMILES string of the molecule is COc1ccc(OC)c(CNC(=O)CN2C(=O)NC3(CCCC3)C2=O)c1. The second-order valence-corrected chi connectivity index (χ2v) is 6.57. The second-order valence-electron chi connectivity index (χ2n) is 6.57. The lowest BCUT2D eigenvalue weighted by atomic mass is 9.98. The molecule has 2 N–H and O–H groups in total. The Kier molecular flexibility index (Phi) is 5.01. The van der Waals surface area contributed by atoms with Gasteiger partial charge in [-0.05, 0) is 31.0 Å². The van der Waals surface area contributed by atoms with Gasteiger partial charge in [-0.1, -0.05) is 12.8 Å². The van der Waals surface area contributed by atoms with E-state index in [1.165, 1.54) is 0 Å². The Morgan fingerprint density at radius 3 is 2.62 bits per heavy atom. The molecule has 1 saturated carbocycles. The zero-order valence-corrected chi connectivity index (χ0v) is 15.0. The number of hydrogen-bond acceptors (Lipinski definition) is 5. The molecule has 2 aliphatic rings. The highest BCUT2D eigenvalue weighted by molar-refractivity contribution is 6.09. The molecule has 0 aromatic heterocycles. The minimum atomic E-state index is -0.798. The van der Waals surface area contributed by atoms with Crippen LogP contribution in [0.5, 0.6) is 11.5 Å². The molecule has 0 atom stereocenters. The summed E-state index contributed by atoms with van der Waals surface area (Å²) in [6, 6.07) is 4.78. The van der Waals surface area contributed by atoms with Crippen molar-refractivity contribution < 1.29 is 23.9 Å². The fraction of sp³-hybridized carbons (Fsp3) is 0.500. The number of methoxy groups -OCH3 is 2. The fourth-order valence-corrected chi connectivity index (χ4v) is 3.55. The number of benzene rings is 1. The predicted molar refractivity (Wildman–Crippen MR) is 92.8 cm³/mol. The first kappa shape index (κ1) is 18.0. The molecule has 26 heavy (non-hydrogen) atoms. The first-order chi connectivity index (χ1) is 12.5. The molecule has 0 radical (unpaired) electrons. The van der Waals surface area contributed by atoms with E-state index in [0.29, 0.717) is 24.3 Å². The Morgan fingerprint density at radius 2 is 1.96 bits per heavy atom. The maximum atomic E-state index is 12.6. The van der Waals surface area contributed by atoms with Crippen LogP contribution in [-0.2, 0) is 16.1 Å². The summed E-state index contributed by atoms with van der Waals surface area (Å²) in [5, 5.41) is 5.49. The van der Waals surface area contributed by atoms with Gasteiger partial charge < -0.3 is 20.1 Å². The van der Waals surface area contributed by atoms with Gasteiger partial charge in [0.05, 0.1) is 14.2 Å². The molecule has 3 rings (SSSR count). The number of nitrogens with zero attached hydrogens (tertiary/aromatic N) is 1. The minimum Gasteiger partial charge on any atom is -0.497 e. The van der Waals surface area contributed by atoms with E-state index in [1.807, 2.05) is 0 Å². The molecular weight excluding hydrogens is 338 g/mol. The number of hydrogen-bond donors (Lipinski definition) is 2. The van der Waals surface area contributed by atoms with E-state index < -0.39 is 17.5 Å². The number of ether oxygens (including phenoxy) is 2. The Labute approximate surface area is 151 Å². The Hall–Kier alpha value is -2.77. The van der Waals surface area contributed by atoms with E-state index >= 15 is 0 Å². The molecule has 1 heterocycles. The number of amides is 4. The summed E-state index contributed by atoms with van der Waals surface area (Å²) in [4.78, 5) is 37.9. The lowest BCUT2D eigenvalue weighted by Gasteiger charge is -2.19. The molecular formula is C18H23N3O5. The maximum absolute atomic E-state index is 12.6. The third-order valence-corrected chi connectivity index (χ3v) is 4.97. The summed E-state index contributed by atoms with van der Waals surface area (Å²) in [6.45, 7) is -0.0906. The Bertz CT molecular complexity index is 728. The van der Waals surface area contributed by atoms with Crippen molar-refractivity contribution >= 4 is 17.8 Å². The monoisotopic (exact) mass is 361 g/mol. The van der Waals surface area contributed by atoms with Crippen LogP contribution in [-0.4, -0.2) is 49.0 Å². The average molecular weight is 361 g/mol. The Morgan fingerprint density at radius 1 is 1.23 bits per heavy atom. The highest BCUT2D eigenvalue weighted by atomic mass is 16.5. The Balaban J connectivity index is 1.61. The molecule has 4 amide bonds. The van der Waals surface area contributed by atoms with Crippen molar-refractivity contribution in [3.63, 3.8) is 0 Å². The largest absolute Gasteiger partial charge is 0.497 e. The van der Waals surface area contributed by atoms with Gasteiger partial charge in [-0.2, -0.15) is 0 Å². The third-order valence-electron chi connectivity index (χ3n) is 4.97. The van der Waals surface area contributed by atoms with Crippen LogP contribution in [0, 0.1) is 0 Å². The van der Waals surface area contributed by atoms with E-state index in [4.69, 9.17) is 9.47 Å². The van der Waals surface area contributed by atoms with Crippen LogP contribution in [0.1, 0.15) is 31.2 Å². The zero-order chi connectivity index (χ0) is 18.7. The van der Waals surface area contributed by atoms with Crippen LogP contribution >= 0.6 is 0 Å². The van der Waals surface area contributed by atoms with E-state index in [9.17, 15) is 14.4 Å². The minimum absolute atomic E-state index is 0.202. The first-order valence-corrected chi connectivity index (χ1v) is 8.61. The third kappa shape index (κ3) is 3.31. The molecule has 1 aliphatic carbocycles.